The smallest absolute Gasteiger partial charge is 0.234 e. The van der Waals surface area contributed by atoms with Crippen LogP contribution in [-0.4, -0.2) is 27.7 Å². The van der Waals surface area contributed by atoms with E-state index in [-0.39, 0.29) is 0 Å². The van der Waals surface area contributed by atoms with Crippen molar-refractivity contribution in [3.63, 3.8) is 0 Å². The first-order valence-electron chi connectivity index (χ1n) is 5.56. The number of hydrogen-bond donors (Lipinski definition) is 2. The molecular weight excluding hydrogens is 248 g/mol. The van der Waals surface area contributed by atoms with E-state index in [1.54, 1.807) is 18.1 Å². The summed E-state index contributed by atoms with van der Waals surface area (Å²) in [6.45, 7) is 0. The zero-order chi connectivity index (χ0) is 13.0. The minimum Gasteiger partial charge on any atom is -0.368 e. The Morgan fingerprint density at radius 1 is 1.33 bits per heavy atom. The molecule has 5 nitrogen and oxygen atoms in total. The van der Waals surface area contributed by atoms with Crippen molar-refractivity contribution in [2.75, 3.05) is 5.75 Å². The second-order valence-corrected chi connectivity index (χ2v) is 4.93. The summed E-state index contributed by atoms with van der Waals surface area (Å²) in [5, 5.41) is 1.91. The van der Waals surface area contributed by atoms with Gasteiger partial charge in [0.25, 0.3) is 0 Å². The number of carbonyl (C=O) groups excluding carboxylic acids is 1. The van der Waals surface area contributed by atoms with E-state index in [0.717, 1.165) is 15.9 Å². The van der Waals surface area contributed by atoms with Crippen LogP contribution in [0.2, 0.25) is 0 Å². The molecule has 4 N–H and O–H groups in total. The molecule has 18 heavy (non-hydrogen) atoms. The Morgan fingerprint density at radius 3 is 2.89 bits per heavy atom. The molecule has 0 radical (unpaired) electrons. The normalized spacial score (nSPS) is 12.5. The van der Waals surface area contributed by atoms with Crippen LogP contribution in [0.5, 0.6) is 0 Å². The van der Waals surface area contributed by atoms with E-state index < -0.39 is 11.9 Å². The van der Waals surface area contributed by atoms with Gasteiger partial charge in [0.05, 0.1) is 11.6 Å². The number of thioether (sulfide) groups is 1. The number of nitrogens with zero attached hydrogens (tertiary/aromatic N) is 2. The lowest BCUT2D eigenvalue weighted by Gasteiger charge is -2.07. The van der Waals surface area contributed by atoms with Gasteiger partial charge in [-0.3, -0.25) is 4.79 Å². The molecule has 0 saturated carbocycles. The van der Waals surface area contributed by atoms with Gasteiger partial charge >= 0.3 is 0 Å². The van der Waals surface area contributed by atoms with Gasteiger partial charge in [-0.25, -0.2) is 9.97 Å². The van der Waals surface area contributed by atoms with Crippen molar-refractivity contribution >= 4 is 28.6 Å². The highest BCUT2D eigenvalue weighted by atomic mass is 32.2. The summed E-state index contributed by atoms with van der Waals surface area (Å²) in [4.78, 5) is 19.2. The number of carbonyl (C=O) groups is 1. The van der Waals surface area contributed by atoms with Crippen LogP contribution in [0.15, 0.2) is 35.6 Å². The van der Waals surface area contributed by atoms with E-state index in [0.29, 0.717) is 12.2 Å². The summed E-state index contributed by atoms with van der Waals surface area (Å²) in [7, 11) is 0. The fourth-order valence-electron chi connectivity index (χ4n) is 1.52. The molecular formula is C12H14N4OS. The molecule has 1 heterocycles. The van der Waals surface area contributed by atoms with Crippen molar-refractivity contribution in [2.24, 2.45) is 11.5 Å². The third-order valence-electron chi connectivity index (χ3n) is 2.54. The Hall–Kier alpha value is -1.66. The maximum atomic E-state index is 10.8. The highest BCUT2D eigenvalue weighted by molar-refractivity contribution is 7.99. The molecule has 0 aliphatic heterocycles. The van der Waals surface area contributed by atoms with Crippen molar-refractivity contribution in [3.8, 4) is 0 Å². The minimum atomic E-state index is -0.592. The van der Waals surface area contributed by atoms with Crippen LogP contribution in [0.1, 0.15) is 6.42 Å². The molecule has 1 unspecified atom stereocenters. The average Bonchev–Trinajstić information content (AvgIpc) is 2.38. The number of para-hydroxylation sites is 1. The topological polar surface area (TPSA) is 94.9 Å². The molecule has 1 atom stereocenters. The van der Waals surface area contributed by atoms with Crippen LogP contribution in [0, 0.1) is 0 Å². The summed E-state index contributed by atoms with van der Waals surface area (Å²) in [5.41, 5.74) is 11.6. The average molecular weight is 262 g/mol. The van der Waals surface area contributed by atoms with Gasteiger partial charge < -0.3 is 11.5 Å². The molecule has 1 aromatic carbocycles. The quantitative estimate of drug-likeness (QED) is 0.617. The number of benzene rings is 1. The summed E-state index contributed by atoms with van der Waals surface area (Å²) >= 11 is 1.56. The number of primary amides is 1. The van der Waals surface area contributed by atoms with Gasteiger partial charge in [0.2, 0.25) is 5.91 Å². The first-order chi connectivity index (χ1) is 8.68. The number of amides is 1. The zero-order valence-electron chi connectivity index (χ0n) is 9.74. The largest absolute Gasteiger partial charge is 0.368 e. The summed E-state index contributed by atoms with van der Waals surface area (Å²) in [6, 6.07) is 7.21. The second kappa shape index (κ2) is 5.79. The highest BCUT2D eigenvalue weighted by Crippen LogP contribution is 2.24. The van der Waals surface area contributed by atoms with Crippen LogP contribution < -0.4 is 11.5 Å². The van der Waals surface area contributed by atoms with E-state index >= 15 is 0 Å². The van der Waals surface area contributed by atoms with Crippen LogP contribution in [0.4, 0.5) is 0 Å². The number of aromatic nitrogens is 2. The molecule has 2 aromatic rings. The van der Waals surface area contributed by atoms with E-state index in [2.05, 4.69) is 9.97 Å². The summed E-state index contributed by atoms with van der Waals surface area (Å²) < 4.78 is 0. The molecule has 1 amide bonds. The molecule has 1 aromatic heterocycles. The number of fused-ring (bicyclic) bond motifs is 1. The molecule has 0 aliphatic carbocycles. The van der Waals surface area contributed by atoms with Gasteiger partial charge in [-0.15, -0.1) is 11.8 Å². The van der Waals surface area contributed by atoms with E-state index in [1.807, 2.05) is 24.3 Å². The Kier molecular flexibility index (Phi) is 4.11. The molecule has 94 valence electrons. The van der Waals surface area contributed by atoms with Crippen LogP contribution in [0.25, 0.3) is 10.9 Å². The lowest BCUT2D eigenvalue weighted by atomic mass is 10.2. The fourth-order valence-corrected chi connectivity index (χ4v) is 2.53. The standard InChI is InChI=1S/C12H14N4OS/c13-9(11(14)17)5-6-18-12-8-3-1-2-4-10(8)15-7-16-12/h1-4,7,9H,5-6,13H2,(H2,14,17). The van der Waals surface area contributed by atoms with Gasteiger partial charge in [0.1, 0.15) is 11.4 Å². The Balaban J connectivity index is 2.06. The van der Waals surface area contributed by atoms with E-state index in [9.17, 15) is 4.79 Å². The lowest BCUT2D eigenvalue weighted by molar-refractivity contribution is -0.119. The summed E-state index contributed by atoms with van der Waals surface area (Å²) in [5.74, 6) is 0.230. The first-order valence-corrected chi connectivity index (χ1v) is 6.54. The Morgan fingerprint density at radius 2 is 2.11 bits per heavy atom. The zero-order valence-corrected chi connectivity index (χ0v) is 10.6. The molecule has 0 aliphatic rings. The van der Waals surface area contributed by atoms with E-state index in [1.165, 1.54) is 0 Å². The van der Waals surface area contributed by atoms with Crippen molar-refractivity contribution in [1.29, 1.82) is 0 Å². The number of rotatable bonds is 5. The fraction of sp³-hybridized carbons (Fsp3) is 0.250. The van der Waals surface area contributed by atoms with Crippen LogP contribution in [-0.2, 0) is 4.79 Å². The van der Waals surface area contributed by atoms with Gasteiger partial charge in [0.15, 0.2) is 0 Å². The van der Waals surface area contributed by atoms with Gasteiger partial charge in [-0.2, -0.15) is 0 Å². The third kappa shape index (κ3) is 2.96. The van der Waals surface area contributed by atoms with Crippen molar-refractivity contribution < 1.29 is 4.79 Å². The molecule has 0 fully saturated rings. The molecule has 2 rings (SSSR count). The van der Waals surface area contributed by atoms with Gasteiger partial charge in [-0.05, 0) is 12.5 Å². The van der Waals surface area contributed by atoms with Crippen molar-refractivity contribution in [1.82, 2.24) is 9.97 Å². The third-order valence-corrected chi connectivity index (χ3v) is 3.58. The van der Waals surface area contributed by atoms with Crippen molar-refractivity contribution in [3.05, 3.63) is 30.6 Å². The molecule has 0 bridgehead atoms. The lowest BCUT2D eigenvalue weighted by Crippen LogP contribution is -2.36. The van der Waals surface area contributed by atoms with Crippen LogP contribution >= 0.6 is 11.8 Å². The van der Waals surface area contributed by atoms with Crippen molar-refractivity contribution in [2.45, 2.75) is 17.5 Å². The van der Waals surface area contributed by atoms with Gasteiger partial charge in [-0.1, -0.05) is 18.2 Å². The first kappa shape index (κ1) is 12.8. The summed E-state index contributed by atoms with van der Waals surface area (Å²) in [6.07, 6.45) is 2.08. The van der Waals surface area contributed by atoms with Crippen LogP contribution in [0.3, 0.4) is 0 Å². The van der Waals surface area contributed by atoms with Gasteiger partial charge in [0, 0.05) is 11.1 Å². The van der Waals surface area contributed by atoms with E-state index in [4.69, 9.17) is 11.5 Å². The molecule has 0 spiro atoms. The second-order valence-electron chi connectivity index (χ2n) is 3.84. The predicted molar refractivity (Wildman–Crippen MR) is 72.0 cm³/mol. The maximum absolute atomic E-state index is 10.8. The SMILES string of the molecule is NC(=O)C(N)CCSc1ncnc2ccccc12. The Bertz CT molecular complexity index is 555. The minimum absolute atomic E-state index is 0.469. The molecule has 0 saturated heterocycles. The predicted octanol–water partition coefficient (Wildman–Crippen LogP) is 0.925. The highest BCUT2D eigenvalue weighted by Gasteiger charge is 2.10. The maximum Gasteiger partial charge on any atom is 0.234 e. The Labute approximate surface area is 109 Å². The number of hydrogen-bond acceptors (Lipinski definition) is 5. The number of nitrogens with two attached hydrogens (primary N) is 2. The molecule has 6 heteroatoms. The monoisotopic (exact) mass is 262 g/mol.